The Morgan fingerprint density at radius 1 is 1.30 bits per heavy atom. The molecule has 1 aliphatic carbocycles. The molecule has 4 nitrogen and oxygen atoms in total. The number of urea groups is 1. The second-order valence-electron chi connectivity index (χ2n) is 7.32. The van der Waals surface area contributed by atoms with E-state index in [9.17, 15) is 9.90 Å². The molecular weight excluding hydrogens is 288 g/mol. The van der Waals surface area contributed by atoms with Crippen LogP contribution in [0.3, 0.4) is 0 Å². The summed E-state index contributed by atoms with van der Waals surface area (Å²) < 4.78 is 0. The van der Waals surface area contributed by atoms with Crippen molar-refractivity contribution in [3.05, 3.63) is 35.4 Å². The monoisotopic (exact) mass is 318 g/mol. The van der Waals surface area contributed by atoms with Gasteiger partial charge in [0.2, 0.25) is 0 Å². The highest BCUT2D eigenvalue weighted by Crippen LogP contribution is 2.36. The number of amides is 2. The van der Waals surface area contributed by atoms with E-state index in [4.69, 9.17) is 0 Å². The lowest BCUT2D eigenvalue weighted by Gasteiger charge is -2.36. The fraction of sp³-hybridized carbons (Fsp3) is 0.632. The number of nitrogens with one attached hydrogen (secondary N) is 2. The summed E-state index contributed by atoms with van der Waals surface area (Å²) in [6.07, 6.45) is 3.78. The van der Waals surface area contributed by atoms with Gasteiger partial charge in [0.05, 0.1) is 6.10 Å². The van der Waals surface area contributed by atoms with Crippen LogP contribution in [0.1, 0.15) is 51.2 Å². The van der Waals surface area contributed by atoms with Crippen LogP contribution in [0.5, 0.6) is 0 Å². The maximum absolute atomic E-state index is 12.0. The van der Waals surface area contributed by atoms with Crippen molar-refractivity contribution in [2.45, 2.75) is 58.0 Å². The number of carbonyl (C=O) groups excluding carboxylic acids is 1. The standard InChI is InChI=1S/C19H30N2O2/c1-14(11-15(2)22)12-20-18(23)21-13-19(3)10-6-8-16-7-4-5-9-17(16)19/h4-5,7,9,14-15,22H,6,8,10-13H2,1-3H3,(H2,20,21,23). The number of fused-ring (bicyclic) bond motifs is 1. The summed E-state index contributed by atoms with van der Waals surface area (Å²) in [6.45, 7) is 7.29. The molecule has 0 heterocycles. The topological polar surface area (TPSA) is 61.4 Å². The van der Waals surface area contributed by atoms with E-state index in [0.717, 1.165) is 12.8 Å². The van der Waals surface area contributed by atoms with E-state index in [-0.39, 0.29) is 23.5 Å². The fourth-order valence-electron chi connectivity index (χ4n) is 3.58. The second-order valence-corrected chi connectivity index (χ2v) is 7.32. The Morgan fingerprint density at radius 2 is 2.04 bits per heavy atom. The van der Waals surface area contributed by atoms with Gasteiger partial charge in [-0.1, -0.05) is 38.1 Å². The van der Waals surface area contributed by atoms with Crippen LogP contribution in [-0.4, -0.2) is 30.3 Å². The summed E-state index contributed by atoms with van der Waals surface area (Å²) in [5, 5.41) is 15.3. The first kappa shape index (κ1) is 17.8. The predicted molar refractivity (Wildman–Crippen MR) is 93.6 cm³/mol. The number of hydrogen-bond donors (Lipinski definition) is 3. The summed E-state index contributed by atoms with van der Waals surface area (Å²) in [7, 11) is 0. The van der Waals surface area contributed by atoms with Gasteiger partial charge in [0, 0.05) is 18.5 Å². The van der Waals surface area contributed by atoms with Crippen LogP contribution in [0, 0.1) is 5.92 Å². The zero-order valence-electron chi connectivity index (χ0n) is 14.6. The van der Waals surface area contributed by atoms with E-state index in [0.29, 0.717) is 19.5 Å². The van der Waals surface area contributed by atoms with Gasteiger partial charge in [0.15, 0.2) is 0 Å². The summed E-state index contributed by atoms with van der Waals surface area (Å²) in [5.74, 6) is 0.270. The third kappa shape index (κ3) is 4.96. The largest absolute Gasteiger partial charge is 0.393 e. The molecule has 0 spiro atoms. The second kappa shape index (κ2) is 7.82. The minimum absolute atomic E-state index is 0.0113. The molecule has 0 bridgehead atoms. The molecule has 0 saturated carbocycles. The fourth-order valence-corrected chi connectivity index (χ4v) is 3.58. The maximum Gasteiger partial charge on any atom is 0.314 e. The molecule has 1 aromatic rings. The highest BCUT2D eigenvalue weighted by molar-refractivity contribution is 5.74. The molecule has 1 aromatic carbocycles. The van der Waals surface area contributed by atoms with E-state index in [1.54, 1.807) is 6.92 Å². The quantitative estimate of drug-likeness (QED) is 0.755. The molecule has 3 N–H and O–H groups in total. The number of benzene rings is 1. The van der Waals surface area contributed by atoms with E-state index in [1.165, 1.54) is 17.5 Å². The Hall–Kier alpha value is -1.55. The number of aryl methyl sites for hydroxylation is 1. The van der Waals surface area contributed by atoms with Crippen molar-refractivity contribution in [1.82, 2.24) is 10.6 Å². The van der Waals surface area contributed by atoms with Gasteiger partial charge in [-0.3, -0.25) is 0 Å². The van der Waals surface area contributed by atoms with Crippen LogP contribution in [0.15, 0.2) is 24.3 Å². The number of aliphatic hydroxyl groups excluding tert-OH is 1. The van der Waals surface area contributed by atoms with Crippen molar-refractivity contribution in [2.24, 2.45) is 5.92 Å². The molecule has 2 amide bonds. The van der Waals surface area contributed by atoms with Gasteiger partial charge in [-0.05, 0) is 49.7 Å². The van der Waals surface area contributed by atoms with Crippen LogP contribution >= 0.6 is 0 Å². The van der Waals surface area contributed by atoms with Crippen molar-refractivity contribution in [3.63, 3.8) is 0 Å². The van der Waals surface area contributed by atoms with Crippen LogP contribution in [0.25, 0.3) is 0 Å². The number of rotatable bonds is 6. The first-order valence-corrected chi connectivity index (χ1v) is 8.69. The van der Waals surface area contributed by atoms with E-state index in [1.807, 2.05) is 6.92 Å². The summed E-state index contributed by atoms with van der Waals surface area (Å²) in [5.41, 5.74) is 2.79. The molecule has 0 saturated heterocycles. The van der Waals surface area contributed by atoms with Gasteiger partial charge in [0.25, 0.3) is 0 Å². The molecular formula is C19H30N2O2. The molecule has 23 heavy (non-hydrogen) atoms. The van der Waals surface area contributed by atoms with Crippen molar-refractivity contribution in [1.29, 1.82) is 0 Å². The summed E-state index contributed by atoms with van der Waals surface area (Å²) in [4.78, 5) is 12.0. The Balaban J connectivity index is 1.85. The van der Waals surface area contributed by atoms with E-state index in [2.05, 4.69) is 41.8 Å². The SMILES string of the molecule is CC(O)CC(C)CNC(=O)NCC1(C)CCCc2ccccc21. The first-order chi connectivity index (χ1) is 10.9. The predicted octanol–water partition coefficient (Wildman–Crippen LogP) is 2.99. The highest BCUT2D eigenvalue weighted by atomic mass is 16.3. The molecule has 3 unspecified atom stereocenters. The smallest absolute Gasteiger partial charge is 0.314 e. The van der Waals surface area contributed by atoms with Crippen LogP contribution in [-0.2, 0) is 11.8 Å². The Kier molecular flexibility index (Phi) is 6.05. The lowest BCUT2D eigenvalue weighted by molar-refractivity contribution is 0.163. The van der Waals surface area contributed by atoms with Gasteiger partial charge in [0.1, 0.15) is 0 Å². The van der Waals surface area contributed by atoms with E-state index >= 15 is 0 Å². The number of aliphatic hydroxyl groups is 1. The van der Waals surface area contributed by atoms with Crippen LogP contribution in [0.4, 0.5) is 4.79 Å². The highest BCUT2D eigenvalue weighted by Gasteiger charge is 2.31. The molecule has 128 valence electrons. The third-order valence-corrected chi connectivity index (χ3v) is 4.84. The Morgan fingerprint density at radius 3 is 2.78 bits per heavy atom. The van der Waals surface area contributed by atoms with Gasteiger partial charge < -0.3 is 15.7 Å². The molecule has 2 rings (SSSR count). The lowest BCUT2D eigenvalue weighted by Crippen LogP contribution is -2.45. The molecule has 1 aliphatic rings. The Bertz CT molecular complexity index is 530. The molecule has 0 fully saturated rings. The van der Waals surface area contributed by atoms with Crippen LogP contribution < -0.4 is 10.6 Å². The molecule has 0 radical (unpaired) electrons. The minimum Gasteiger partial charge on any atom is -0.393 e. The molecule has 0 aromatic heterocycles. The maximum atomic E-state index is 12.0. The summed E-state index contributed by atoms with van der Waals surface area (Å²) >= 11 is 0. The Labute approximate surface area is 139 Å². The average Bonchev–Trinajstić information content (AvgIpc) is 2.51. The normalized spacial score (nSPS) is 22.8. The first-order valence-electron chi connectivity index (χ1n) is 8.69. The number of hydrogen-bond acceptors (Lipinski definition) is 2. The molecule has 4 heteroatoms. The van der Waals surface area contributed by atoms with Gasteiger partial charge in [-0.2, -0.15) is 0 Å². The summed E-state index contributed by atoms with van der Waals surface area (Å²) in [6, 6.07) is 8.45. The van der Waals surface area contributed by atoms with Crippen molar-refractivity contribution >= 4 is 6.03 Å². The van der Waals surface area contributed by atoms with Crippen molar-refractivity contribution < 1.29 is 9.90 Å². The average molecular weight is 318 g/mol. The van der Waals surface area contributed by atoms with Gasteiger partial charge in [-0.25, -0.2) is 4.79 Å². The van der Waals surface area contributed by atoms with Gasteiger partial charge >= 0.3 is 6.03 Å². The molecule has 0 aliphatic heterocycles. The van der Waals surface area contributed by atoms with Crippen molar-refractivity contribution in [2.75, 3.05) is 13.1 Å². The lowest BCUT2D eigenvalue weighted by atomic mass is 9.71. The minimum atomic E-state index is -0.326. The molecule has 3 atom stereocenters. The van der Waals surface area contributed by atoms with Crippen molar-refractivity contribution in [3.8, 4) is 0 Å². The van der Waals surface area contributed by atoms with Gasteiger partial charge in [-0.15, -0.1) is 0 Å². The van der Waals surface area contributed by atoms with E-state index < -0.39 is 0 Å². The van der Waals surface area contributed by atoms with Crippen LogP contribution in [0.2, 0.25) is 0 Å². The number of carbonyl (C=O) groups is 1. The zero-order chi connectivity index (χ0) is 16.9. The zero-order valence-corrected chi connectivity index (χ0v) is 14.6. The third-order valence-electron chi connectivity index (χ3n) is 4.84.